The van der Waals surface area contributed by atoms with E-state index in [1.54, 1.807) is 18.2 Å². The number of carboxylic acid groups (broad SMARTS) is 1. The molecule has 4 heteroatoms. The van der Waals surface area contributed by atoms with Crippen molar-refractivity contribution in [2.24, 2.45) is 0 Å². The fourth-order valence-electron chi connectivity index (χ4n) is 1.19. The summed E-state index contributed by atoms with van der Waals surface area (Å²) in [5, 5.41) is 11.4. The van der Waals surface area contributed by atoms with Gasteiger partial charge in [0.1, 0.15) is 0 Å². The smallest absolute Gasteiger partial charge is 0.335 e. The Hall–Kier alpha value is -2.10. The summed E-state index contributed by atoms with van der Waals surface area (Å²) in [6.07, 6.45) is 2.61. The first kappa shape index (κ1) is 12.0. The Labute approximate surface area is 93.6 Å². The van der Waals surface area contributed by atoms with Crippen LogP contribution in [-0.4, -0.2) is 17.0 Å². The lowest BCUT2D eigenvalue weighted by atomic mass is 10.2. The Kier molecular flexibility index (Phi) is 4.27. The first-order valence-corrected chi connectivity index (χ1v) is 4.87. The van der Waals surface area contributed by atoms with E-state index in [1.807, 2.05) is 0 Å². The topological polar surface area (TPSA) is 66.4 Å². The van der Waals surface area contributed by atoms with Gasteiger partial charge < -0.3 is 10.4 Å². The fraction of sp³-hybridized carbons (Fsp3) is 0.167. The van der Waals surface area contributed by atoms with E-state index in [4.69, 9.17) is 5.11 Å². The van der Waals surface area contributed by atoms with Crippen molar-refractivity contribution < 1.29 is 14.7 Å². The summed E-state index contributed by atoms with van der Waals surface area (Å²) in [5.74, 6) is -1.16. The van der Waals surface area contributed by atoms with Gasteiger partial charge in [-0.1, -0.05) is 12.1 Å². The molecule has 84 valence electrons. The lowest BCUT2D eigenvalue weighted by Gasteiger charge is -2.04. The molecular formula is C12H13NO3. The average molecular weight is 219 g/mol. The van der Waals surface area contributed by atoms with E-state index in [9.17, 15) is 9.59 Å². The Morgan fingerprint density at radius 3 is 2.81 bits per heavy atom. The number of aromatic carboxylic acids is 1. The van der Waals surface area contributed by atoms with Crippen LogP contribution in [0.25, 0.3) is 0 Å². The zero-order chi connectivity index (χ0) is 12.0. The van der Waals surface area contributed by atoms with Gasteiger partial charge in [0, 0.05) is 12.1 Å². The van der Waals surface area contributed by atoms with Crippen LogP contribution >= 0.6 is 0 Å². The first-order chi connectivity index (χ1) is 7.63. The maximum Gasteiger partial charge on any atom is 0.335 e. The first-order valence-electron chi connectivity index (χ1n) is 4.87. The lowest BCUT2D eigenvalue weighted by Crippen LogP contribution is -2.11. The van der Waals surface area contributed by atoms with Gasteiger partial charge in [-0.2, -0.15) is 0 Å². The van der Waals surface area contributed by atoms with Gasteiger partial charge in [0.15, 0.2) is 0 Å². The van der Waals surface area contributed by atoms with Crippen molar-refractivity contribution in [1.29, 1.82) is 0 Å². The molecule has 1 aromatic rings. The maximum absolute atomic E-state index is 11.3. The van der Waals surface area contributed by atoms with Gasteiger partial charge in [-0.3, -0.25) is 4.79 Å². The molecule has 0 saturated carbocycles. The molecule has 0 bridgehead atoms. The second kappa shape index (κ2) is 5.70. The number of allylic oxidation sites excluding steroid dienone is 1. The molecule has 1 rings (SSSR count). The SMILES string of the molecule is C=CCCC(=O)Nc1cccc(C(=O)O)c1. The molecular weight excluding hydrogens is 206 g/mol. The van der Waals surface area contributed by atoms with Crippen LogP contribution in [0.1, 0.15) is 23.2 Å². The standard InChI is InChI=1S/C12H13NO3/c1-2-3-7-11(14)13-10-6-4-5-9(8-10)12(15)16/h2,4-6,8H,1,3,7H2,(H,13,14)(H,15,16). The Morgan fingerprint density at radius 2 is 2.19 bits per heavy atom. The molecule has 1 amide bonds. The molecule has 0 atom stereocenters. The van der Waals surface area contributed by atoms with Crippen LogP contribution < -0.4 is 5.32 Å². The minimum absolute atomic E-state index is 0.151. The average Bonchev–Trinajstić information content (AvgIpc) is 2.26. The zero-order valence-electron chi connectivity index (χ0n) is 8.77. The molecule has 0 spiro atoms. The number of benzene rings is 1. The fourth-order valence-corrected chi connectivity index (χ4v) is 1.19. The second-order valence-corrected chi connectivity index (χ2v) is 3.26. The van der Waals surface area contributed by atoms with E-state index in [1.165, 1.54) is 12.1 Å². The molecule has 1 aromatic carbocycles. The van der Waals surface area contributed by atoms with Crippen molar-refractivity contribution in [2.75, 3.05) is 5.32 Å². The number of carboxylic acids is 1. The lowest BCUT2D eigenvalue weighted by molar-refractivity contribution is -0.116. The monoisotopic (exact) mass is 219 g/mol. The summed E-state index contributed by atoms with van der Waals surface area (Å²) in [6.45, 7) is 3.52. The number of amides is 1. The second-order valence-electron chi connectivity index (χ2n) is 3.26. The molecule has 0 saturated heterocycles. The summed E-state index contributed by atoms with van der Waals surface area (Å²) in [6, 6.07) is 6.14. The Balaban J connectivity index is 2.66. The van der Waals surface area contributed by atoms with Crippen LogP contribution in [0.2, 0.25) is 0 Å². The largest absolute Gasteiger partial charge is 0.478 e. The molecule has 0 aliphatic heterocycles. The van der Waals surface area contributed by atoms with Crippen molar-refractivity contribution in [3.8, 4) is 0 Å². The van der Waals surface area contributed by atoms with Crippen molar-refractivity contribution >= 4 is 17.6 Å². The molecule has 0 aromatic heterocycles. The summed E-state index contributed by atoms with van der Waals surface area (Å²) < 4.78 is 0. The highest BCUT2D eigenvalue weighted by Crippen LogP contribution is 2.11. The quantitative estimate of drug-likeness (QED) is 0.746. The van der Waals surface area contributed by atoms with Crippen LogP contribution in [0.5, 0.6) is 0 Å². The summed E-state index contributed by atoms with van der Waals surface area (Å²) >= 11 is 0. The van der Waals surface area contributed by atoms with Crippen molar-refractivity contribution in [1.82, 2.24) is 0 Å². The van der Waals surface area contributed by atoms with Gasteiger partial charge >= 0.3 is 5.97 Å². The number of hydrogen-bond donors (Lipinski definition) is 2. The molecule has 0 fully saturated rings. The van der Waals surface area contributed by atoms with E-state index in [-0.39, 0.29) is 11.5 Å². The van der Waals surface area contributed by atoms with E-state index < -0.39 is 5.97 Å². The zero-order valence-corrected chi connectivity index (χ0v) is 8.77. The van der Waals surface area contributed by atoms with Crippen LogP contribution in [0.15, 0.2) is 36.9 Å². The summed E-state index contributed by atoms with van der Waals surface area (Å²) in [7, 11) is 0. The van der Waals surface area contributed by atoms with E-state index in [2.05, 4.69) is 11.9 Å². The Bertz CT molecular complexity index is 412. The van der Waals surface area contributed by atoms with Crippen molar-refractivity contribution in [3.05, 3.63) is 42.5 Å². The summed E-state index contributed by atoms with van der Waals surface area (Å²) in [5.41, 5.74) is 0.649. The molecule has 2 N–H and O–H groups in total. The predicted molar refractivity (Wildman–Crippen MR) is 61.5 cm³/mol. The van der Waals surface area contributed by atoms with Gasteiger partial charge in [0.25, 0.3) is 0 Å². The highest BCUT2D eigenvalue weighted by atomic mass is 16.4. The summed E-state index contributed by atoms with van der Waals surface area (Å²) in [4.78, 5) is 22.0. The third-order valence-corrected chi connectivity index (χ3v) is 1.97. The van der Waals surface area contributed by atoms with Gasteiger partial charge in [-0.05, 0) is 24.6 Å². The number of anilines is 1. The number of rotatable bonds is 5. The van der Waals surface area contributed by atoms with E-state index >= 15 is 0 Å². The van der Waals surface area contributed by atoms with Crippen molar-refractivity contribution in [3.63, 3.8) is 0 Å². The molecule has 0 heterocycles. The number of carbonyl (C=O) groups excluding carboxylic acids is 1. The Morgan fingerprint density at radius 1 is 1.44 bits per heavy atom. The molecule has 0 radical (unpaired) electrons. The third-order valence-electron chi connectivity index (χ3n) is 1.97. The van der Waals surface area contributed by atoms with Crippen LogP contribution in [0.4, 0.5) is 5.69 Å². The molecule has 0 aliphatic carbocycles. The minimum atomic E-state index is -1.01. The number of hydrogen-bond acceptors (Lipinski definition) is 2. The molecule has 0 unspecified atom stereocenters. The molecule has 0 aliphatic rings. The normalized spacial score (nSPS) is 9.50. The highest BCUT2D eigenvalue weighted by Gasteiger charge is 2.05. The number of nitrogens with one attached hydrogen (secondary N) is 1. The number of carbonyl (C=O) groups is 2. The van der Waals surface area contributed by atoms with Gasteiger partial charge in [0.2, 0.25) is 5.91 Å². The molecule has 16 heavy (non-hydrogen) atoms. The van der Waals surface area contributed by atoms with Crippen molar-refractivity contribution in [2.45, 2.75) is 12.8 Å². The van der Waals surface area contributed by atoms with E-state index in [0.29, 0.717) is 18.5 Å². The maximum atomic E-state index is 11.3. The minimum Gasteiger partial charge on any atom is -0.478 e. The van der Waals surface area contributed by atoms with Gasteiger partial charge in [0.05, 0.1) is 5.56 Å². The predicted octanol–water partition coefficient (Wildman–Crippen LogP) is 2.29. The van der Waals surface area contributed by atoms with Crippen LogP contribution in [-0.2, 0) is 4.79 Å². The van der Waals surface area contributed by atoms with Crippen LogP contribution in [0.3, 0.4) is 0 Å². The van der Waals surface area contributed by atoms with Gasteiger partial charge in [-0.25, -0.2) is 4.79 Å². The highest BCUT2D eigenvalue weighted by molar-refractivity contribution is 5.93. The van der Waals surface area contributed by atoms with Gasteiger partial charge in [-0.15, -0.1) is 6.58 Å². The third kappa shape index (κ3) is 3.57. The molecule has 4 nitrogen and oxygen atoms in total. The van der Waals surface area contributed by atoms with Crippen LogP contribution in [0, 0.1) is 0 Å². The van der Waals surface area contributed by atoms with E-state index in [0.717, 1.165) is 0 Å².